The van der Waals surface area contributed by atoms with Gasteiger partial charge >= 0.3 is 0 Å². The molecule has 1 aromatic carbocycles. The molecule has 0 spiro atoms. The molecule has 0 unspecified atom stereocenters. The molecule has 168 valence electrons. The number of furan rings is 1. The van der Waals surface area contributed by atoms with Gasteiger partial charge in [0.15, 0.2) is 5.78 Å². The molecule has 5 rings (SSSR count). The lowest BCUT2D eigenvalue weighted by atomic mass is 9.95. The maximum atomic E-state index is 13.0. The van der Waals surface area contributed by atoms with Gasteiger partial charge in [-0.2, -0.15) is 0 Å². The van der Waals surface area contributed by atoms with Crippen molar-refractivity contribution >= 4 is 39.6 Å². The summed E-state index contributed by atoms with van der Waals surface area (Å²) in [4.78, 5) is 45.8. The molecule has 0 fully saturated rings. The van der Waals surface area contributed by atoms with Crippen LogP contribution in [0.15, 0.2) is 45.9 Å². The van der Waals surface area contributed by atoms with E-state index in [1.54, 1.807) is 24.3 Å². The van der Waals surface area contributed by atoms with E-state index in [1.807, 2.05) is 19.9 Å². The van der Waals surface area contributed by atoms with Crippen molar-refractivity contribution in [3.63, 3.8) is 0 Å². The lowest BCUT2D eigenvalue weighted by molar-refractivity contribution is -0.116. The van der Waals surface area contributed by atoms with Gasteiger partial charge in [0.05, 0.1) is 29.6 Å². The van der Waals surface area contributed by atoms with Crippen LogP contribution in [0, 0.1) is 0 Å². The number of nitrogens with one attached hydrogen (secondary N) is 1. The van der Waals surface area contributed by atoms with Crippen molar-refractivity contribution in [2.75, 3.05) is 5.32 Å². The van der Waals surface area contributed by atoms with Gasteiger partial charge in [-0.25, -0.2) is 9.97 Å². The molecule has 0 aliphatic carbocycles. The number of benzene rings is 1. The van der Waals surface area contributed by atoms with E-state index in [9.17, 15) is 14.4 Å². The number of nitrogens with zero attached hydrogens (tertiary/aromatic N) is 3. The quantitative estimate of drug-likeness (QED) is 0.478. The lowest BCUT2D eigenvalue weighted by Crippen LogP contribution is -2.32. The zero-order valence-corrected chi connectivity index (χ0v) is 18.5. The van der Waals surface area contributed by atoms with Crippen LogP contribution in [0.4, 0.5) is 5.69 Å². The Morgan fingerprint density at radius 2 is 1.97 bits per heavy atom. The summed E-state index contributed by atoms with van der Waals surface area (Å²) >= 11 is 0. The van der Waals surface area contributed by atoms with E-state index in [2.05, 4.69) is 15.3 Å². The Bertz CT molecular complexity index is 1480. The molecule has 1 aliphatic heterocycles. The number of pyridine rings is 1. The van der Waals surface area contributed by atoms with E-state index in [0.29, 0.717) is 40.9 Å². The standard InChI is InChI=1S/C24H22N4O5/c1-13(29)14-4-6-16(7-5-14)26-19(30)10-28-12-25-20-17-8-15-11-32-24(2,3)9-18(15)27-22(17)33-21(20)23(28)31/h4-8,12H,9-11H2,1-3H3,(H,26,30). The minimum absolute atomic E-state index is 0.0566. The third kappa shape index (κ3) is 3.91. The Morgan fingerprint density at radius 1 is 1.21 bits per heavy atom. The summed E-state index contributed by atoms with van der Waals surface area (Å²) in [6.07, 6.45) is 1.97. The highest BCUT2D eigenvalue weighted by atomic mass is 16.5. The number of carbonyl (C=O) groups is 2. The number of rotatable bonds is 4. The van der Waals surface area contributed by atoms with E-state index >= 15 is 0 Å². The largest absolute Gasteiger partial charge is 0.430 e. The molecule has 3 aromatic heterocycles. The highest BCUT2D eigenvalue weighted by Gasteiger charge is 2.28. The fourth-order valence-electron chi connectivity index (χ4n) is 3.93. The van der Waals surface area contributed by atoms with Crippen LogP contribution in [0.1, 0.15) is 42.4 Å². The number of hydrogen-bond acceptors (Lipinski definition) is 7. The smallest absolute Gasteiger partial charge is 0.297 e. The fraction of sp³-hybridized carbons (Fsp3) is 0.292. The van der Waals surface area contributed by atoms with Crippen molar-refractivity contribution < 1.29 is 18.7 Å². The molecular formula is C24H22N4O5. The second-order valence-electron chi connectivity index (χ2n) is 8.81. The number of amides is 1. The molecule has 0 saturated heterocycles. The highest BCUT2D eigenvalue weighted by molar-refractivity contribution is 6.01. The molecular weight excluding hydrogens is 424 g/mol. The topological polar surface area (TPSA) is 116 Å². The number of anilines is 1. The van der Waals surface area contributed by atoms with Gasteiger partial charge in [-0.1, -0.05) is 0 Å². The van der Waals surface area contributed by atoms with E-state index < -0.39 is 11.5 Å². The molecule has 9 heteroatoms. The molecule has 0 atom stereocenters. The van der Waals surface area contributed by atoms with E-state index in [-0.39, 0.29) is 23.5 Å². The van der Waals surface area contributed by atoms with Crippen LogP contribution in [0.25, 0.3) is 22.2 Å². The van der Waals surface area contributed by atoms with Crippen molar-refractivity contribution in [1.29, 1.82) is 0 Å². The molecule has 33 heavy (non-hydrogen) atoms. The Morgan fingerprint density at radius 3 is 2.70 bits per heavy atom. The third-order valence-corrected chi connectivity index (χ3v) is 5.71. The minimum atomic E-state index is -0.463. The summed E-state index contributed by atoms with van der Waals surface area (Å²) in [5.41, 5.74) is 2.94. The Labute approximate surface area is 188 Å². The Balaban J connectivity index is 1.43. The van der Waals surface area contributed by atoms with Crippen molar-refractivity contribution in [3.05, 3.63) is 63.8 Å². The molecule has 4 heterocycles. The molecule has 4 aromatic rings. The van der Waals surface area contributed by atoms with Crippen LogP contribution in [-0.2, 0) is 29.1 Å². The van der Waals surface area contributed by atoms with Gasteiger partial charge in [-0.05, 0) is 51.1 Å². The van der Waals surface area contributed by atoms with Crippen LogP contribution in [0.2, 0.25) is 0 Å². The maximum absolute atomic E-state index is 13.0. The Kier molecular flexibility index (Phi) is 4.86. The van der Waals surface area contributed by atoms with E-state index in [4.69, 9.17) is 9.15 Å². The lowest BCUT2D eigenvalue weighted by Gasteiger charge is -2.30. The van der Waals surface area contributed by atoms with Crippen LogP contribution >= 0.6 is 0 Å². The third-order valence-electron chi connectivity index (χ3n) is 5.71. The van der Waals surface area contributed by atoms with Crippen molar-refractivity contribution in [2.24, 2.45) is 0 Å². The molecule has 1 aliphatic rings. The van der Waals surface area contributed by atoms with Crippen LogP contribution in [0.5, 0.6) is 0 Å². The zero-order chi connectivity index (χ0) is 23.3. The summed E-state index contributed by atoms with van der Waals surface area (Å²) < 4.78 is 12.8. The number of ether oxygens (including phenoxy) is 1. The van der Waals surface area contributed by atoms with Crippen LogP contribution in [-0.4, -0.2) is 31.8 Å². The van der Waals surface area contributed by atoms with Crippen LogP contribution < -0.4 is 10.9 Å². The Hall–Kier alpha value is -3.85. The van der Waals surface area contributed by atoms with Gasteiger partial charge in [0, 0.05) is 23.2 Å². The first-order valence-electron chi connectivity index (χ1n) is 10.6. The molecule has 1 amide bonds. The summed E-state index contributed by atoms with van der Waals surface area (Å²) in [6.45, 7) is 5.68. The monoisotopic (exact) mass is 446 g/mol. The minimum Gasteiger partial charge on any atom is -0.430 e. The first-order chi connectivity index (χ1) is 15.7. The predicted molar refractivity (Wildman–Crippen MR) is 121 cm³/mol. The summed E-state index contributed by atoms with van der Waals surface area (Å²) in [5.74, 6) is -0.464. The molecule has 9 nitrogen and oxygen atoms in total. The van der Waals surface area contributed by atoms with Crippen molar-refractivity contribution in [1.82, 2.24) is 14.5 Å². The molecule has 1 N–H and O–H groups in total. The van der Waals surface area contributed by atoms with Gasteiger partial charge in [0.1, 0.15) is 12.1 Å². The zero-order valence-electron chi connectivity index (χ0n) is 18.5. The maximum Gasteiger partial charge on any atom is 0.297 e. The molecule has 0 saturated carbocycles. The normalized spacial score (nSPS) is 14.9. The van der Waals surface area contributed by atoms with Crippen LogP contribution in [0.3, 0.4) is 0 Å². The van der Waals surface area contributed by atoms with Gasteiger partial charge in [-0.3, -0.25) is 19.0 Å². The molecule has 0 bridgehead atoms. The van der Waals surface area contributed by atoms with Gasteiger partial charge in [0.2, 0.25) is 17.2 Å². The average molecular weight is 446 g/mol. The van der Waals surface area contributed by atoms with Crippen molar-refractivity contribution in [2.45, 2.75) is 45.9 Å². The summed E-state index contributed by atoms with van der Waals surface area (Å²) in [7, 11) is 0. The summed E-state index contributed by atoms with van der Waals surface area (Å²) in [5, 5.41) is 3.35. The first kappa shape index (κ1) is 21.0. The highest BCUT2D eigenvalue weighted by Crippen LogP contribution is 2.31. The predicted octanol–water partition coefficient (Wildman–Crippen LogP) is 3.23. The van der Waals surface area contributed by atoms with E-state index in [1.165, 1.54) is 17.8 Å². The molecule has 0 radical (unpaired) electrons. The first-order valence-corrected chi connectivity index (χ1v) is 10.6. The van der Waals surface area contributed by atoms with Gasteiger partial charge < -0.3 is 14.5 Å². The number of Topliss-reactive ketones (excluding diaryl/α,β-unsaturated/α-hetero) is 1. The number of ketones is 1. The number of fused-ring (bicyclic) bond motifs is 4. The summed E-state index contributed by atoms with van der Waals surface area (Å²) in [6, 6.07) is 8.44. The van der Waals surface area contributed by atoms with Gasteiger partial charge in [0.25, 0.3) is 5.56 Å². The fourth-order valence-corrected chi connectivity index (χ4v) is 3.93. The van der Waals surface area contributed by atoms with E-state index in [0.717, 1.165) is 11.3 Å². The number of aromatic nitrogens is 3. The average Bonchev–Trinajstić information content (AvgIpc) is 3.12. The SMILES string of the molecule is CC(=O)c1ccc(NC(=O)Cn2cnc3c(oc4nc5c(cc43)COC(C)(C)C5)c2=O)cc1. The number of hydrogen-bond donors (Lipinski definition) is 1. The van der Waals surface area contributed by atoms with Crippen molar-refractivity contribution in [3.8, 4) is 0 Å². The van der Waals surface area contributed by atoms with Gasteiger partial charge in [-0.15, -0.1) is 0 Å². The second-order valence-corrected chi connectivity index (χ2v) is 8.81. The second kappa shape index (κ2) is 7.63. The number of carbonyl (C=O) groups excluding carboxylic acids is 2.